The van der Waals surface area contributed by atoms with Crippen LogP contribution in [-0.2, 0) is 0 Å². The van der Waals surface area contributed by atoms with Crippen molar-refractivity contribution in [1.29, 1.82) is 0 Å². The number of benzene rings is 1. The average Bonchev–Trinajstić information content (AvgIpc) is 2.46. The van der Waals surface area contributed by atoms with Gasteiger partial charge in [0.1, 0.15) is 0 Å². The maximum Gasteiger partial charge on any atom is 0.0507 e. The van der Waals surface area contributed by atoms with Gasteiger partial charge in [0.15, 0.2) is 0 Å². The van der Waals surface area contributed by atoms with Crippen LogP contribution in [0.1, 0.15) is 34.1 Å². The Morgan fingerprint density at radius 2 is 2.10 bits per heavy atom. The van der Waals surface area contributed by atoms with Crippen molar-refractivity contribution in [1.82, 2.24) is 5.32 Å². The van der Waals surface area contributed by atoms with E-state index in [1.807, 2.05) is 11.8 Å². The minimum absolute atomic E-state index is 0.219. The first kappa shape index (κ1) is 15.7. The van der Waals surface area contributed by atoms with E-state index in [1.165, 1.54) is 10.6 Å². The van der Waals surface area contributed by atoms with Crippen molar-refractivity contribution in [2.45, 2.75) is 50.6 Å². The molecule has 0 aromatic heterocycles. The van der Waals surface area contributed by atoms with Crippen molar-refractivity contribution in [3.05, 3.63) is 24.3 Å². The summed E-state index contributed by atoms with van der Waals surface area (Å²) in [5.41, 5.74) is 1.62. The molecule has 1 N–H and O–H groups in total. The van der Waals surface area contributed by atoms with Crippen molar-refractivity contribution in [2.75, 3.05) is 24.2 Å². The molecule has 2 rings (SSSR count). The van der Waals surface area contributed by atoms with Gasteiger partial charge in [0.2, 0.25) is 0 Å². The molecule has 0 amide bonds. The molecule has 0 radical (unpaired) electrons. The first-order valence-electron chi connectivity index (χ1n) is 7.65. The molecule has 0 saturated carbocycles. The molecule has 0 aliphatic carbocycles. The molecule has 3 heteroatoms. The lowest BCUT2D eigenvalue weighted by Gasteiger charge is -2.49. The molecule has 1 saturated heterocycles. The summed E-state index contributed by atoms with van der Waals surface area (Å²) in [5.74, 6) is 0.652. The van der Waals surface area contributed by atoms with Gasteiger partial charge < -0.3 is 10.2 Å². The van der Waals surface area contributed by atoms with Crippen molar-refractivity contribution in [2.24, 2.45) is 5.92 Å². The third-order valence-corrected chi connectivity index (χ3v) is 5.39. The molecule has 0 spiro atoms. The summed E-state index contributed by atoms with van der Waals surface area (Å²) in [6.07, 6.45) is 3.33. The number of para-hydroxylation sites is 1. The molecular weight excluding hydrogens is 264 g/mol. The molecule has 0 bridgehead atoms. The maximum absolute atomic E-state index is 3.77. The average molecular weight is 292 g/mol. The summed E-state index contributed by atoms with van der Waals surface area (Å²) in [5, 5.41) is 3.77. The molecule has 1 aromatic rings. The van der Waals surface area contributed by atoms with Gasteiger partial charge in [-0.3, -0.25) is 0 Å². The number of piperazine rings is 1. The molecular formula is C17H28N2S. The topological polar surface area (TPSA) is 15.3 Å². The monoisotopic (exact) mass is 292 g/mol. The first-order chi connectivity index (χ1) is 9.50. The van der Waals surface area contributed by atoms with Gasteiger partial charge in [-0.15, -0.1) is 11.8 Å². The molecule has 1 aliphatic rings. The van der Waals surface area contributed by atoms with E-state index in [0.717, 1.165) is 19.5 Å². The number of nitrogens with one attached hydrogen (secondary N) is 1. The van der Waals surface area contributed by atoms with Crippen molar-refractivity contribution in [3.63, 3.8) is 0 Å². The van der Waals surface area contributed by atoms with E-state index in [4.69, 9.17) is 0 Å². The zero-order valence-corrected chi connectivity index (χ0v) is 14.3. The van der Waals surface area contributed by atoms with Crippen LogP contribution in [-0.4, -0.2) is 30.9 Å². The van der Waals surface area contributed by atoms with Crippen LogP contribution in [0, 0.1) is 5.92 Å². The highest BCUT2D eigenvalue weighted by molar-refractivity contribution is 7.98. The van der Waals surface area contributed by atoms with Crippen LogP contribution >= 0.6 is 11.8 Å². The highest BCUT2D eigenvalue weighted by Gasteiger charge is 2.36. The molecule has 1 fully saturated rings. The number of hydrogen-bond donors (Lipinski definition) is 1. The Morgan fingerprint density at radius 1 is 1.40 bits per heavy atom. The van der Waals surface area contributed by atoms with Crippen LogP contribution in [0.5, 0.6) is 0 Å². The predicted octanol–water partition coefficient (Wildman–Crippen LogP) is 4.01. The second-order valence-corrected chi connectivity index (χ2v) is 7.25. The fourth-order valence-corrected chi connectivity index (χ4v) is 3.58. The van der Waals surface area contributed by atoms with Crippen molar-refractivity contribution < 1.29 is 0 Å². The summed E-state index contributed by atoms with van der Waals surface area (Å²) in [7, 11) is 0. The van der Waals surface area contributed by atoms with Crippen molar-refractivity contribution in [3.8, 4) is 0 Å². The van der Waals surface area contributed by atoms with E-state index >= 15 is 0 Å². The van der Waals surface area contributed by atoms with Crippen LogP contribution in [0.2, 0.25) is 0 Å². The predicted molar refractivity (Wildman–Crippen MR) is 90.9 cm³/mol. The number of thioether (sulfide) groups is 1. The highest BCUT2D eigenvalue weighted by atomic mass is 32.2. The molecule has 112 valence electrons. The van der Waals surface area contributed by atoms with Gasteiger partial charge in [-0.1, -0.05) is 32.9 Å². The fraction of sp³-hybridized carbons (Fsp3) is 0.647. The van der Waals surface area contributed by atoms with Gasteiger partial charge in [-0.05, 0) is 37.7 Å². The van der Waals surface area contributed by atoms with E-state index in [0.29, 0.717) is 12.0 Å². The minimum Gasteiger partial charge on any atom is -0.364 e. The molecule has 2 unspecified atom stereocenters. The van der Waals surface area contributed by atoms with E-state index in [2.05, 4.69) is 68.4 Å². The second kappa shape index (κ2) is 6.40. The largest absolute Gasteiger partial charge is 0.364 e. The summed E-state index contributed by atoms with van der Waals surface area (Å²) in [6, 6.07) is 9.40. The van der Waals surface area contributed by atoms with E-state index in [1.54, 1.807) is 0 Å². The lowest BCUT2D eigenvalue weighted by atomic mass is 9.89. The lowest BCUT2D eigenvalue weighted by molar-refractivity contribution is 0.252. The van der Waals surface area contributed by atoms with E-state index in [-0.39, 0.29) is 5.54 Å². The Bertz CT molecular complexity index is 446. The number of hydrogen-bond acceptors (Lipinski definition) is 3. The number of rotatable bonds is 4. The zero-order chi connectivity index (χ0) is 14.8. The Kier molecular flexibility index (Phi) is 5.03. The minimum atomic E-state index is 0.219. The quantitative estimate of drug-likeness (QED) is 0.844. The molecule has 1 heterocycles. The van der Waals surface area contributed by atoms with Gasteiger partial charge >= 0.3 is 0 Å². The van der Waals surface area contributed by atoms with Gasteiger partial charge in [0.25, 0.3) is 0 Å². The number of nitrogens with zero attached hydrogens (tertiary/aromatic N) is 1. The Labute approximate surface area is 128 Å². The third-order valence-electron chi connectivity index (χ3n) is 4.60. The lowest BCUT2D eigenvalue weighted by Crippen LogP contribution is -2.64. The molecule has 2 nitrogen and oxygen atoms in total. The van der Waals surface area contributed by atoms with Crippen molar-refractivity contribution >= 4 is 17.4 Å². The van der Waals surface area contributed by atoms with Gasteiger partial charge in [-0.2, -0.15) is 0 Å². The van der Waals surface area contributed by atoms with Crippen LogP contribution < -0.4 is 10.2 Å². The van der Waals surface area contributed by atoms with Crippen LogP contribution in [0.25, 0.3) is 0 Å². The summed E-state index contributed by atoms with van der Waals surface area (Å²) >= 11 is 1.85. The SMILES string of the molecule is CCC1(C)CN(c2ccccc2SC)C(C(C)C)CN1. The normalized spacial score (nSPS) is 27.1. The van der Waals surface area contributed by atoms with Gasteiger partial charge in [-0.25, -0.2) is 0 Å². The molecule has 1 aromatic carbocycles. The zero-order valence-electron chi connectivity index (χ0n) is 13.4. The molecule has 1 aliphatic heterocycles. The first-order valence-corrected chi connectivity index (χ1v) is 8.88. The molecule has 20 heavy (non-hydrogen) atoms. The standard InChI is InChI=1S/C17H28N2S/c1-6-17(4)12-19(15(11-18-17)13(2)3)14-9-7-8-10-16(14)20-5/h7-10,13,15,18H,6,11-12H2,1-5H3. The smallest absolute Gasteiger partial charge is 0.0507 e. The van der Waals surface area contributed by atoms with Crippen LogP contribution in [0.3, 0.4) is 0 Å². The van der Waals surface area contributed by atoms with E-state index < -0.39 is 0 Å². The highest BCUT2D eigenvalue weighted by Crippen LogP contribution is 2.34. The fourth-order valence-electron chi connectivity index (χ4n) is 2.97. The Balaban J connectivity index is 2.36. The summed E-state index contributed by atoms with van der Waals surface area (Å²) < 4.78 is 0. The summed E-state index contributed by atoms with van der Waals surface area (Å²) in [4.78, 5) is 4.02. The van der Waals surface area contributed by atoms with Crippen LogP contribution in [0.4, 0.5) is 5.69 Å². The van der Waals surface area contributed by atoms with Crippen LogP contribution in [0.15, 0.2) is 29.2 Å². The van der Waals surface area contributed by atoms with Gasteiger partial charge in [0.05, 0.1) is 5.69 Å². The molecule has 2 atom stereocenters. The van der Waals surface area contributed by atoms with Gasteiger partial charge in [0, 0.05) is 29.6 Å². The second-order valence-electron chi connectivity index (χ2n) is 6.41. The third kappa shape index (κ3) is 3.15. The summed E-state index contributed by atoms with van der Waals surface area (Å²) in [6.45, 7) is 11.4. The number of anilines is 1. The maximum atomic E-state index is 3.77. The Morgan fingerprint density at radius 3 is 2.70 bits per heavy atom. The van der Waals surface area contributed by atoms with E-state index in [9.17, 15) is 0 Å². The Hall–Kier alpha value is -0.670.